The van der Waals surface area contributed by atoms with E-state index in [0.717, 1.165) is 23.9 Å². The summed E-state index contributed by atoms with van der Waals surface area (Å²) in [6, 6.07) is 5.89. The Morgan fingerprint density at radius 3 is 2.58 bits per heavy atom. The van der Waals surface area contributed by atoms with Gasteiger partial charge in [0.15, 0.2) is 0 Å². The Bertz CT molecular complexity index is 385. The first kappa shape index (κ1) is 16.3. The van der Waals surface area contributed by atoms with E-state index >= 15 is 0 Å². The minimum Gasteiger partial charge on any atom is -0.487 e. The highest BCUT2D eigenvalue weighted by Crippen LogP contribution is 2.33. The molecule has 0 amide bonds. The number of hydrogen-bond donors (Lipinski definition) is 1. The lowest BCUT2D eigenvalue weighted by atomic mass is 9.86. The summed E-state index contributed by atoms with van der Waals surface area (Å²) >= 11 is 6.08. The van der Waals surface area contributed by atoms with Gasteiger partial charge in [-0.15, -0.1) is 0 Å². The molecule has 0 saturated heterocycles. The molecule has 1 aromatic rings. The molecule has 2 nitrogen and oxygen atoms in total. The van der Waals surface area contributed by atoms with Gasteiger partial charge >= 0.3 is 0 Å². The molecular weight excluding hydrogens is 258 g/mol. The first-order chi connectivity index (χ1) is 8.95. The summed E-state index contributed by atoms with van der Waals surface area (Å²) in [5.41, 5.74) is 1.22. The molecule has 0 spiro atoms. The van der Waals surface area contributed by atoms with Crippen molar-refractivity contribution in [2.75, 3.05) is 19.7 Å². The van der Waals surface area contributed by atoms with Crippen molar-refractivity contribution in [3.8, 4) is 5.75 Å². The first-order valence-electron chi connectivity index (χ1n) is 7.19. The number of ether oxygens (including phenoxy) is 1. The lowest BCUT2D eigenvalue weighted by Gasteiger charge is -2.23. The average molecular weight is 285 g/mol. The molecule has 19 heavy (non-hydrogen) atoms. The number of halogens is 1. The molecule has 0 saturated carbocycles. The van der Waals surface area contributed by atoms with Crippen molar-refractivity contribution in [2.24, 2.45) is 0 Å². The smallest absolute Gasteiger partial charge is 0.137 e. The van der Waals surface area contributed by atoms with Crippen molar-refractivity contribution in [1.29, 1.82) is 0 Å². The summed E-state index contributed by atoms with van der Waals surface area (Å²) in [6.45, 7) is 11.7. The quantitative estimate of drug-likeness (QED) is 0.763. The summed E-state index contributed by atoms with van der Waals surface area (Å²) in [4.78, 5) is 0. The van der Waals surface area contributed by atoms with Crippen LogP contribution in [0.2, 0.25) is 5.02 Å². The predicted octanol–water partition coefficient (Wildman–Crippen LogP) is 3.38. The highest BCUT2D eigenvalue weighted by Gasteiger charge is 2.19. The van der Waals surface area contributed by atoms with Crippen LogP contribution in [0.4, 0.5) is 0 Å². The first-order valence-corrected chi connectivity index (χ1v) is 7.57. The monoisotopic (exact) mass is 284 g/mol. The lowest BCUT2D eigenvalue weighted by Crippen LogP contribution is -2.85. The third-order valence-corrected chi connectivity index (χ3v) is 3.33. The average Bonchev–Trinajstić information content (AvgIpc) is 2.34. The summed E-state index contributed by atoms with van der Waals surface area (Å²) in [7, 11) is 0. The van der Waals surface area contributed by atoms with Crippen LogP contribution in [0.5, 0.6) is 5.75 Å². The van der Waals surface area contributed by atoms with Gasteiger partial charge in [0.2, 0.25) is 0 Å². The van der Waals surface area contributed by atoms with Crippen molar-refractivity contribution in [3.63, 3.8) is 0 Å². The zero-order chi connectivity index (χ0) is 14.3. The third-order valence-electron chi connectivity index (χ3n) is 3.09. The summed E-state index contributed by atoms with van der Waals surface area (Å²) in [5, 5.41) is 3.09. The van der Waals surface area contributed by atoms with Crippen LogP contribution < -0.4 is 10.1 Å². The molecule has 0 heterocycles. The summed E-state index contributed by atoms with van der Waals surface area (Å²) in [6.07, 6.45) is 2.52. The fourth-order valence-corrected chi connectivity index (χ4v) is 2.13. The Morgan fingerprint density at radius 2 is 1.95 bits per heavy atom. The lowest BCUT2D eigenvalue weighted by molar-refractivity contribution is -0.655. The van der Waals surface area contributed by atoms with Gasteiger partial charge in [0.25, 0.3) is 0 Å². The van der Waals surface area contributed by atoms with Crippen LogP contribution in [0, 0.1) is 0 Å². The van der Waals surface area contributed by atoms with Gasteiger partial charge in [-0.25, -0.2) is 0 Å². The number of rotatable bonds is 7. The summed E-state index contributed by atoms with van der Waals surface area (Å²) in [5.74, 6) is 0.959. The van der Waals surface area contributed by atoms with Crippen LogP contribution in [0.3, 0.4) is 0 Å². The molecule has 1 rings (SSSR count). The SMILES string of the molecule is CCCC[NH2+]CCOc1ccc(Cl)cc1C(C)(C)C. The highest BCUT2D eigenvalue weighted by atomic mass is 35.5. The summed E-state index contributed by atoms with van der Waals surface area (Å²) < 4.78 is 5.91. The Labute approximate surface area is 122 Å². The van der Waals surface area contributed by atoms with Gasteiger partial charge < -0.3 is 10.1 Å². The zero-order valence-electron chi connectivity index (χ0n) is 12.6. The maximum atomic E-state index is 6.08. The zero-order valence-corrected chi connectivity index (χ0v) is 13.4. The molecule has 0 aliphatic carbocycles. The number of hydrogen-bond acceptors (Lipinski definition) is 1. The Kier molecular flexibility index (Phi) is 6.67. The molecule has 0 aromatic heterocycles. The van der Waals surface area contributed by atoms with Crippen LogP contribution in [-0.4, -0.2) is 19.7 Å². The molecule has 0 aliphatic rings. The maximum absolute atomic E-state index is 6.08. The molecule has 108 valence electrons. The van der Waals surface area contributed by atoms with Crippen LogP contribution in [0.25, 0.3) is 0 Å². The van der Waals surface area contributed by atoms with E-state index in [2.05, 4.69) is 33.0 Å². The highest BCUT2D eigenvalue weighted by molar-refractivity contribution is 6.30. The Balaban J connectivity index is 2.54. The van der Waals surface area contributed by atoms with E-state index in [1.807, 2.05) is 18.2 Å². The molecule has 3 heteroatoms. The number of benzene rings is 1. The van der Waals surface area contributed by atoms with Gasteiger partial charge in [0.05, 0.1) is 6.54 Å². The Hall–Kier alpha value is -0.730. The minimum atomic E-state index is 0.0478. The third kappa shape index (κ3) is 5.84. The number of quaternary nitrogens is 1. The molecule has 0 bridgehead atoms. The molecule has 0 atom stereocenters. The fraction of sp³-hybridized carbons (Fsp3) is 0.625. The van der Waals surface area contributed by atoms with Gasteiger partial charge in [-0.3, -0.25) is 0 Å². The van der Waals surface area contributed by atoms with Gasteiger partial charge in [-0.05, 0) is 30.0 Å². The number of unbranched alkanes of at least 4 members (excludes halogenated alkanes) is 1. The Morgan fingerprint density at radius 1 is 1.21 bits per heavy atom. The van der Waals surface area contributed by atoms with Gasteiger partial charge in [0, 0.05) is 10.6 Å². The van der Waals surface area contributed by atoms with E-state index in [-0.39, 0.29) is 5.41 Å². The normalized spacial score (nSPS) is 11.6. The predicted molar refractivity (Wildman–Crippen MR) is 82.2 cm³/mol. The van der Waals surface area contributed by atoms with Gasteiger partial charge in [-0.1, -0.05) is 45.7 Å². The van der Waals surface area contributed by atoms with Crippen molar-refractivity contribution < 1.29 is 10.1 Å². The van der Waals surface area contributed by atoms with Crippen LogP contribution in [-0.2, 0) is 5.41 Å². The molecule has 0 unspecified atom stereocenters. The topological polar surface area (TPSA) is 25.8 Å². The molecule has 0 radical (unpaired) electrons. The molecule has 1 aromatic carbocycles. The van der Waals surface area contributed by atoms with Crippen molar-refractivity contribution in [3.05, 3.63) is 28.8 Å². The molecule has 0 aliphatic heterocycles. The molecule has 0 fully saturated rings. The number of nitrogens with two attached hydrogens (primary N) is 1. The van der Waals surface area contributed by atoms with Crippen molar-refractivity contribution in [1.82, 2.24) is 0 Å². The van der Waals surface area contributed by atoms with Crippen molar-refractivity contribution >= 4 is 11.6 Å². The van der Waals surface area contributed by atoms with E-state index in [4.69, 9.17) is 16.3 Å². The second kappa shape index (κ2) is 7.76. The molecular formula is C16H27ClNO+. The fourth-order valence-electron chi connectivity index (χ4n) is 1.96. The largest absolute Gasteiger partial charge is 0.487 e. The van der Waals surface area contributed by atoms with E-state index in [1.54, 1.807) is 0 Å². The standard InChI is InChI=1S/C16H26ClNO/c1-5-6-9-18-10-11-19-15-8-7-13(17)12-14(15)16(2,3)4/h7-8,12,18H,5-6,9-11H2,1-4H3/p+1. The minimum absolute atomic E-state index is 0.0478. The second-order valence-electron chi connectivity index (χ2n) is 5.96. The van der Waals surface area contributed by atoms with Crippen LogP contribution in [0.15, 0.2) is 18.2 Å². The van der Waals surface area contributed by atoms with E-state index in [0.29, 0.717) is 0 Å². The van der Waals surface area contributed by atoms with Gasteiger partial charge in [-0.2, -0.15) is 0 Å². The van der Waals surface area contributed by atoms with Gasteiger partial charge in [0.1, 0.15) is 18.9 Å². The molecule has 2 N–H and O–H groups in total. The van der Waals surface area contributed by atoms with E-state index in [1.165, 1.54) is 24.9 Å². The maximum Gasteiger partial charge on any atom is 0.137 e. The van der Waals surface area contributed by atoms with E-state index < -0.39 is 0 Å². The second-order valence-corrected chi connectivity index (χ2v) is 6.39. The van der Waals surface area contributed by atoms with Crippen LogP contribution in [0.1, 0.15) is 46.1 Å². The van der Waals surface area contributed by atoms with Crippen LogP contribution >= 0.6 is 11.6 Å². The van der Waals surface area contributed by atoms with Crippen molar-refractivity contribution in [2.45, 2.75) is 46.0 Å². The van der Waals surface area contributed by atoms with E-state index in [9.17, 15) is 0 Å².